The van der Waals surface area contributed by atoms with Crippen LogP contribution in [0.1, 0.15) is 24.8 Å². The van der Waals surface area contributed by atoms with Gasteiger partial charge < -0.3 is 30.3 Å². The minimum absolute atomic E-state index is 0.0486. The first kappa shape index (κ1) is 28.6. The number of nitro groups is 1. The zero-order chi connectivity index (χ0) is 24.2. The van der Waals surface area contributed by atoms with E-state index < -0.39 is 16.9 Å². The molecule has 0 unspecified atom stereocenters. The van der Waals surface area contributed by atoms with Crippen LogP contribution in [0.3, 0.4) is 0 Å². The number of carboxylic acid groups (broad SMARTS) is 2. The molecule has 0 fully saturated rings. The van der Waals surface area contributed by atoms with Crippen LogP contribution < -0.4 is 5.73 Å². The van der Waals surface area contributed by atoms with Crippen LogP contribution in [-0.4, -0.2) is 72.9 Å². The summed E-state index contributed by atoms with van der Waals surface area (Å²) < 4.78 is 10.3. The van der Waals surface area contributed by atoms with Crippen LogP contribution in [-0.2, 0) is 23.9 Å². The van der Waals surface area contributed by atoms with Gasteiger partial charge in [0.05, 0.1) is 23.8 Å². The second kappa shape index (κ2) is 18.4. The third-order valence-electron chi connectivity index (χ3n) is 3.55. The number of hydrogen-bond acceptors (Lipinski definition) is 9. The number of carboxylic acids is 2. The van der Waals surface area contributed by atoms with E-state index in [2.05, 4.69) is 5.16 Å². The fourth-order valence-corrected chi connectivity index (χ4v) is 2.08. The summed E-state index contributed by atoms with van der Waals surface area (Å²) in [4.78, 5) is 34.6. The minimum atomic E-state index is -1.26. The van der Waals surface area contributed by atoms with Gasteiger partial charge in [0.2, 0.25) is 0 Å². The Kier molecular flexibility index (Phi) is 16.5. The molecule has 1 rings (SSSR count). The van der Waals surface area contributed by atoms with E-state index in [-0.39, 0.29) is 5.69 Å². The molecule has 0 amide bonds. The van der Waals surface area contributed by atoms with E-state index in [1.165, 1.54) is 12.1 Å². The maximum atomic E-state index is 10.7. The molecule has 4 N–H and O–H groups in total. The van der Waals surface area contributed by atoms with E-state index in [9.17, 15) is 19.7 Å². The fourth-order valence-electron chi connectivity index (χ4n) is 2.08. The average molecular weight is 455 g/mol. The van der Waals surface area contributed by atoms with Crippen molar-refractivity contribution < 1.29 is 39.0 Å². The lowest BCUT2D eigenvalue weighted by molar-refractivity contribution is -0.384. The molecule has 0 atom stereocenters. The van der Waals surface area contributed by atoms with E-state index >= 15 is 0 Å². The molecule has 12 heteroatoms. The minimum Gasteiger partial charge on any atom is -0.478 e. The van der Waals surface area contributed by atoms with Crippen LogP contribution >= 0.6 is 0 Å². The van der Waals surface area contributed by atoms with Crippen molar-refractivity contribution in [1.29, 1.82) is 0 Å². The molecule has 0 aliphatic rings. The number of benzene rings is 1. The van der Waals surface area contributed by atoms with Gasteiger partial charge in [-0.1, -0.05) is 5.16 Å². The van der Waals surface area contributed by atoms with E-state index in [1.54, 1.807) is 19.2 Å². The Balaban J connectivity index is 0.00000102. The van der Waals surface area contributed by atoms with Gasteiger partial charge >= 0.3 is 11.9 Å². The van der Waals surface area contributed by atoms with Crippen molar-refractivity contribution in [3.63, 3.8) is 0 Å². The van der Waals surface area contributed by atoms with Crippen LogP contribution in [0.2, 0.25) is 0 Å². The molecule has 0 aromatic heterocycles. The lowest BCUT2D eigenvalue weighted by atomic mass is 10.0. The summed E-state index contributed by atoms with van der Waals surface area (Å²) in [5.41, 5.74) is 6.99. The number of methoxy groups -OCH3 is 1. The maximum Gasteiger partial charge on any atom is 0.328 e. The average Bonchev–Trinajstić information content (AvgIpc) is 2.76. The Morgan fingerprint density at radius 2 is 1.69 bits per heavy atom. The third-order valence-corrected chi connectivity index (χ3v) is 3.55. The van der Waals surface area contributed by atoms with Gasteiger partial charge in [-0.05, 0) is 37.0 Å². The normalized spacial score (nSPS) is 11.0. The van der Waals surface area contributed by atoms with Gasteiger partial charge in [0.1, 0.15) is 6.61 Å². The number of nitrogens with two attached hydrogens (primary N) is 1. The standard InChI is InChI=1S/C16H25N3O5.C4H4O4/c1-22-12-13-23-10-3-2-4-16(18-24-11-9-17)14-5-7-15(8-6-14)19(20)21;5-3(6)1-2-4(7)8/h5-8H,2-4,9-13,17H2,1H3;1-2H,(H,5,6)(H,7,8)/b;2-1+. The molecule has 1 aromatic carbocycles. The lowest BCUT2D eigenvalue weighted by Gasteiger charge is -2.08. The predicted octanol–water partition coefficient (Wildman–Crippen LogP) is 1.82. The number of nitro benzene ring substituents is 1. The van der Waals surface area contributed by atoms with Crippen LogP contribution in [0.15, 0.2) is 41.6 Å². The number of hydrogen-bond donors (Lipinski definition) is 3. The second-order valence-corrected chi connectivity index (χ2v) is 6.04. The molecule has 12 nitrogen and oxygen atoms in total. The second-order valence-electron chi connectivity index (χ2n) is 6.04. The number of ether oxygens (including phenoxy) is 2. The number of oxime groups is 1. The molecular formula is C20H29N3O9. The van der Waals surface area contributed by atoms with Crippen LogP contribution in [0.4, 0.5) is 5.69 Å². The first-order chi connectivity index (χ1) is 15.3. The van der Waals surface area contributed by atoms with Crippen LogP contribution in [0.25, 0.3) is 0 Å². The van der Waals surface area contributed by atoms with E-state index in [4.69, 9.17) is 30.3 Å². The molecule has 178 valence electrons. The van der Waals surface area contributed by atoms with Crippen molar-refractivity contribution >= 4 is 23.3 Å². The highest BCUT2D eigenvalue weighted by molar-refractivity contribution is 6.00. The molecule has 0 aliphatic carbocycles. The van der Waals surface area contributed by atoms with Gasteiger partial charge in [-0.3, -0.25) is 10.1 Å². The fraction of sp³-hybridized carbons (Fsp3) is 0.450. The number of aliphatic carboxylic acids is 2. The molecule has 0 saturated carbocycles. The third kappa shape index (κ3) is 15.5. The molecule has 0 radical (unpaired) electrons. The molecular weight excluding hydrogens is 426 g/mol. The number of nitrogens with zero attached hydrogens (tertiary/aromatic N) is 2. The first-order valence-electron chi connectivity index (χ1n) is 9.66. The smallest absolute Gasteiger partial charge is 0.328 e. The molecule has 0 bridgehead atoms. The highest BCUT2D eigenvalue weighted by Crippen LogP contribution is 2.15. The topological polar surface area (TPSA) is 184 Å². The first-order valence-corrected chi connectivity index (χ1v) is 9.66. The summed E-state index contributed by atoms with van der Waals surface area (Å²) in [5, 5.41) is 30.5. The summed E-state index contributed by atoms with van der Waals surface area (Å²) in [6.45, 7) is 2.53. The van der Waals surface area contributed by atoms with Crippen molar-refractivity contribution in [3.05, 3.63) is 52.1 Å². The highest BCUT2D eigenvalue weighted by Gasteiger charge is 2.09. The number of unbranched alkanes of at least 4 members (excludes halogenated alkanes) is 1. The van der Waals surface area contributed by atoms with Gasteiger partial charge in [-0.15, -0.1) is 0 Å². The quantitative estimate of drug-likeness (QED) is 0.116. The summed E-state index contributed by atoms with van der Waals surface area (Å²) in [5.74, 6) is -2.51. The summed E-state index contributed by atoms with van der Waals surface area (Å²) in [6, 6.07) is 6.28. The zero-order valence-electron chi connectivity index (χ0n) is 17.8. The van der Waals surface area contributed by atoms with Crippen LogP contribution in [0.5, 0.6) is 0 Å². The lowest BCUT2D eigenvalue weighted by Crippen LogP contribution is -2.09. The molecule has 1 aromatic rings. The maximum absolute atomic E-state index is 10.7. The monoisotopic (exact) mass is 455 g/mol. The van der Waals surface area contributed by atoms with Crippen molar-refractivity contribution in [2.45, 2.75) is 19.3 Å². The summed E-state index contributed by atoms with van der Waals surface area (Å²) in [7, 11) is 1.64. The molecule has 0 saturated heterocycles. The van der Waals surface area contributed by atoms with Crippen molar-refractivity contribution in [2.75, 3.05) is 40.1 Å². The number of non-ortho nitro benzene ring substituents is 1. The molecule has 0 spiro atoms. The Morgan fingerprint density at radius 1 is 1.06 bits per heavy atom. The van der Waals surface area contributed by atoms with Crippen molar-refractivity contribution in [2.24, 2.45) is 10.9 Å². The Bertz CT molecular complexity index is 733. The van der Waals surface area contributed by atoms with Gasteiger partial charge in [0, 0.05) is 44.5 Å². The van der Waals surface area contributed by atoms with E-state index in [1.807, 2.05) is 0 Å². The van der Waals surface area contributed by atoms with Gasteiger partial charge in [0.15, 0.2) is 0 Å². The number of rotatable bonds is 15. The molecule has 0 heterocycles. The van der Waals surface area contributed by atoms with Gasteiger partial charge in [-0.2, -0.15) is 0 Å². The van der Waals surface area contributed by atoms with E-state index in [0.717, 1.165) is 24.1 Å². The van der Waals surface area contributed by atoms with Gasteiger partial charge in [-0.25, -0.2) is 9.59 Å². The zero-order valence-corrected chi connectivity index (χ0v) is 17.8. The summed E-state index contributed by atoms with van der Waals surface area (Å²) in [6.07, 6.45) is 3.56. The van der Waals surface area contributed by atoms with Gasteiger partial charge in [0.25, 0.3) is 5.69 Å². The predicted molar refractivity (Wildman–Crippen MR) is 116 cm³/mol. The van der Waals surface area contributed by atoms with Crippen molar-refractivity contribution in [1.82, 2.24) is 0 Å². The van der Waals surface area contributed by atoms with E-state index in [0.29, 0.717) is 51.5 Å². The SMILES string of the molecule is COCCOCCCCC(=NOCCN)c1ccc([N+](=O)[O-])cc1.O=C(O)/C=C/C(=O)O. The molecule has 0 aliphatic heterocycles. The Labute approximate surface area is 185 Å². The highest BCUT2D eigenvalue weighted by atomic mass is 16.6. The molecule has 32 heavy (non-hydrogen) atoms. The number of carbonyl (C=O) groups is 2. The Morgan fingerprint density at radius 3 is 2.19 bits per heavy atom. The van der Waals surface area contributed by atoms with Crippen molar-refractivity contribution in [3.8, 4) is 0 Å². The largest absolute Gasteiger partial charge is 0.478 e. The summed E-state index contributed by atoms with van der Waals surface area (Å²) >= 11 is 0. The Hall–Kier alpha value is -3.35. The van der Waals surface area contributed by atoms with Crippen LogP contribution in [0, 0.1) is 10.1 Å².